The van der Waals surface area contributed by atoms with Gasteiger partial charge in [0, 0.05) is 6.54 Å². The summed E-state index contributed by atoms with van der Waals surface area (Å²) in [5.74, 6) is 1.49. The zero-order valence-corrected chi connectivity index (χ0v) is 9.81. The first kappa shape index (κ1) is 12.5. The lowest BCUT2D eigenvalue weighted by atomic mass is 10.1. The molecule has 0 radical (unpaired) electrons. The van der Waals surface area contributed by atoms with E-state index in [1.807, 2.05) is 6.07 Å². The van der Waals surface area contributed by atoms with Gasteiger partial charge in [0.2, 0.25) is 0 Å². The molecule has 0 amide bonds. The molecule has 84 valence electrons. The topological polar surface area (TPSA) is 49.8 Å². The van der Waals surface area contributed by atoms with Crippen LogP contribution in [0.1, 0.15) is 6.42 Å². The van der Waals surface area contributed by atoms with Crippen molar-refractivity contribution in [3.8, 4) is 0 Å². The van der Waals surface area contributed by atoms with E-state index in [0.29, 0.717) is 11.1 Å². The lowest BCUT2D eigenvalue weighted by Crippen LogP contribution is -2.17. The lowest BCUT2D eigenvalue weighted by molar-refractivity contribution is 0.613. The summed E-state index contributed by atoms with van der Waals surface area (Å²) in [7, 11) is 0. The van der Waals surface area contributed by atoms with Crippen LogP contribution in [-0.4, -0.2) is 29.8 Å². The monoisotopic (exact) mass is 248 g/mol. The van der Waals surface area contributed by atoms with Crippen LogP contribution in [0.3, 0.4) is 0 Å². The number of anilines is 1. The standard InChI is InChI=1S/C9H13ClN4.ClH/c10-8-1-2-9(14-13-8)12-6-7-3-4-11-5-7;/h1-2,7,11H,3-6H2,(H,12,14);1H. The summed E-state index contributed by atoms with van der Waals surface area (Å²) in [6.07, 6.45) is 1.23. The van der Waals surface area contributed by atoms with Crippen molar-refractivity contribution in [2.75, 3.05) is 25.0 Å². The average Bonchev–Trinajstić information content (AvgIpc) is 2.70. The van der Waals surface area contributed by atoms with Crippen LogP contribution in [-0.2, 0) is 0 Å². The van der Waals surface area contributed by atoms with Crippen LogP contribution < -0.4 is 10.6 Å². The Bertz CT molecular complexity index is 285. The summed E-state index contributed by atoms with van der Waals surface area (Å²) >= 11 is 5.63. The Hall–Kier alpha value is -0.580. The molecule has 1 aliphatic rings. The molecule has 1 aromatic rings. The predicted octanol–water partition coefficient (Wildman–Crippen LogP) is 1.57. The number of halogens is 2. The van der Waals surface area contributed by atoms with Crippen LogP contribution >= 0.6 is 24.0 Å². The summed E-state index contributed by atoms with van der Waals surface area (Å²) in [6, 6.07) is 3.58. The van der Waals surface area contributed by atoms with Crippen LogP contribution in [0.5, 0.6) is 0 Å². The molecule has 0 saturated carbocycles. The Kier molecular flexibility index (Phi) is 5.08. The molecule has 2 heterocycles. The molecule has 15 heavy (non-hydrogen) atoms. The summed E-state index contributed by atoms with van der Waals surface area (Å²) in [4.78, 5) is 0. The minimum Gasteiger partial charge on any atom is -0.368 e. The number of nitrogens with one attached hydrogen (secondary N) is 2. The second-order valence-corrected chi connectivity index (χ2v) is 3.87. The molecule has 1 aromatic heterocycles. The van der Waals surface area contributed by atoms with Crippen molar-refractivity contribution >= 4 is 29.8 Å². The minimum atomic E-state index is 0. The maximum absolute atomic E-state index is 5.63. The fourth-order valence-electron chi connectivity index (χ4n) is 1.55. The van der Waals surface area contributed by atoms with Crippen molar-refractivity contribution in [3.63, 3.8) is 0 Å². The Labute approximate surface area is 100 Å². The van der Waals surface area contributed by atoms with Gasteiger partial charge in [0.15, 0.2) is 5.15 Å². The van der Waals surface area contributed by atoms with Gasteiger partial charge in [-0.3, -0.25) is 0 Å². The van der Waals surface area contributed by atoms with Gasteiger partial charge in [-0.15, -0.1) is 22.6 Å². The summed E-state index contributed by atoms with van der Waals surface area (Å²) in [5, 5.41) is 14.7. The van der Waals surface area contributed by atoms with Gasteiger partial charge in [-0.2, -0.15) is 0 Å². The summed E-state index contributed by atoms with van der Waals surface area (Å²) in [5.41, 5.74) is 0. The van der Waals surface area contributed by atoms with Crippen LogP contribution in [0.4, 0.5) is 5.82 Å². The molecule has 0 aliphatic carbocycles. The summed E-state index contributed by atoms with van der Waals surface area (Å²) in [6.45, 7) is 3.16. The highest BCUT2D eigenvalue weighted by Gasteiger charge is 2.13. The Balaban J connectivity index is 0.00000112. The van der Waals surface area contributed by atoms with E-state index in [1.165, 1.54) is 6.42 Å². The molecule has 6 heteroatoms. The predicted molar refractivity (Wildman–Crippen MR) is 63.8 cm³/mol. The number of hydrogen-bond donors (Lipinski definition) is 2. The zero-order valence-electron chi connectivity index (χ0n) is 8.24. The maximum Gasteiger partial charge on any atom is 0.151 e. The second-order valence-electron chi connectivity index (χ2n) is 3.48. The highest BCUT2D eigenvalue weighted by molar-refractivity contribution is 6.29. The van der Waals surface area contributed by atoms with E-state index in [2.05, 4.69) is 20.8 Å². The van der Waals surface area contributed by atoms with E-state index in [9.17, 15) is 0 Å². The Morgan fingerprint density at radius 2 is 2.33 bits per heavy atom. The molecule has 1 atom stereocenters. The van der Waals surface area contributed by atoms with Crippen LogP contribution in [0, 0.1) is 5.92 Å². The van der Waals surface area contributed by atoms with E-state index in [-0.39, 0.29) is 12.4 Å². The first-order valence-electron chi connectivity index (χ1n) is 4.78. The molecule has 2 N–H and O–H groups in total. The number of hydrogen-bond acceptors (Lipinski definition) is 4. The van der Waals surface area contributed by atoms with E-state index in [1.54, 1.807) is 6.07 Å². The van der Waals surface area contributed by atoms with Crippen molar-refractivity contribution in [1.82, 2.24) is 15.5 Å². The normalized spacial score (nSPS) is 19.7. The van der Waals surface area contributed by atoms with Crippen LogP contribution in [0.2, 0.25) is 5.15 Å². The highest BCUT2D eigenvalue weighted by Crippen LogP contribution is 2.10. The zero-order chi connectivity index (χ0) is 9.80. The molecule has 1 saturated heterocycles. The molecule has 0 spiro atoms. The largest absolute Gasteiger partial charge is 0.368 e. The SMILES string of the molecule is Cl.Clc1ccc(NCC2CCNC2)nn1. The van der Waals surface area contributed by atoms with Gasteiger partial charge in [-0.05, 0) is 37.6 Å². The third-order valence-corrected chi connectivity index (χ3v) is 2.57. The van der Waals surface area contributed by atoms with E-state index in [0.717, 1.165) is 25.5 Å². The van der Waals surface area contributed by atoms with Gasteiger partial charge in [-0.25, -0.2) is 0 Å². The molecular formula is C9H14Cl2N4. The Morgan fingerprint density at radius 3 is 2.93 bits per heavy atom. The smallest absolute Gasteiger partial charge is 0.151 e. The van der Waals surface area contributed by atoms with Gasteiger partial charge in [0.25, 0.3) is 0 Å². The van der Waals surface area contributed by atoms with Gasteiger partial charge in [0.05, 0.1) is 0 Å². The van der Waals surface area contributed by atoms with Crippen LogP contribution in [0.15, 0.2) is 12.1 Å². The summed E-state index contributed by atoms with van der Waals surface area (Å²) < 4.78 is 0. The Morgan fingerprint density at radius 1 is 1.47 bits per heavy atom. The number of aromatic nitrogens is 2. The van der Waals surface area contributed by atoms with Crippen molar-refractivity contribution in [2.45, 2.75) is 6.42 Å². The van der Waals surface area contributed by atoms with Crippen LogP contribution in [0.25, 0.3) is 0 Å². The number of rotatable bonds is 3. The molecular weight excluding hydrogens is 235 g/mol. The average molecular weight is 249 g/mol. The molecule has 4 nitrogen and oxygen atoms in total. The fraction of sp³-hybridized carbons (Fsp3) is 0.556. The molecule has 0 bridgehead atoms. The third kappa shape index (κ3) is 3.81. The maximum atomic E-state index is 5.63. The minimum absolute atomic E-state index is 0. The van der Waals surface area contributed by atoms with Gasteiger partial charge in [-0.1, -0.05) is 11.6 Å². The molecule has 1 aliphatic heterocycles. The van der Waals surface area contributed by atoms with Crippen molar-refractivity contribution in [1.29, 1.82) is 0 Å². The fourth-order valence-corrected chi connectivity index (χ4v) is 1.65. The van der Waals surface area contributed by atoms with Crippen molar-refractivity contribution < 1.29 is 0 Å². The molecule has 1 unspecified atom stereocenters. The lowest BCUT2D eigenvalue weighted by Gasteiger charge is -2.09. The molecule has 1 fully saturated rings. The molecule has 2 rings (SSSR count). The van der Waals surface area contributed by atoms with E-state index >= 15 is 0 Å². The third-order valence-electron chi connectivity index (χ3n) is 2.37. The molecule has 0 aromatic carbocycles. The quantitative estimate of drug-likeness (QED) is 0.853. The first-order chi connectivity index (χ1) is 6.84. The number of nitrogens with zero attached hydrogens (tertiary/aromatic N) is 2. The van der Waals surface area contributed by atoms with Gasteiger partial charge in [0.1, 0.15) is 5.82 Å². The van der Waals surface area contributed by atoms with Gasteiger partial charge >= 0.3 is 0 Å². The van der Waals surface area contributed by atoms with Crippen molar-refractivity contribution in [3.05, 3.63) is 17.3 Å². The second kappa shape index (κ2) is 6.10. The highest BCUT2D eigenvalue weighted by atomic mass is 35.5. The van der Waals surface area contributed by atoms with E-state index < -0.39 is 0 Å². The van der Waals surface area contributed by atoms with Crippen molar-refractivity contribution in [2.24, 2.45) is 5.92 Å². The van der Waals surface area contributed by atoms with Gasteiger partial charge < -0.3 is 10.6 Å². The first-order valence-corrected chi connectivity index (χ1v) is 5.16. The van der Waals surface area contributed by atoms with E-state index in [4.69, 9.17) is 11.6 Å².